The number of aliphatic hydroxyl groups is 1. The molecular formula is C14H16BrNO2S. The van der Waals surface area contributed by atoms with Crippen LogP contribution >= 0.6 is 27.3 Å². The topological polar surface area (TPSA) is 42.4 Å². The van der Waals surface area contributed by atoms with Gasteiger partial charge in [-0.05, 0) is 39.0 Å². The predicted octanol–water partition coefficient (Wildman–Crippen LogP) is 4.15. The molecule has 0 fully saturated rings. The summed E-state index contributed by atoms with van der Waals surface area (Å²) in [6.07, 6.45) is -0.563. The Morgan fingerprint density at radius 1 is 1.42 bits per heavy atom. The van der Waals surface area contributed by atoms with E-state index in [0.29, 0.717) is 12.4 Å². The highest BCUT2D eigenvalue weighted by Crippen LogP contribution is 2.29. The third-order valence-corrected chi connectivity index (χ3v) is 4.39. The summed E-state index contributed by atoms with van der Waals surface area (Å²) in [5, 5.41) is 10.7. The van der Waals surface area contributed by atoms with Gasteiger partial charge in [-0.1, -0.05) is 15.9 Å². The molecule has 1 atom stereocenters. The number of aryl methyl sites for hydroxylation is 2. The molecule has 0 saturated heterocycles. The first-order chi connectivity index (χ1) is 8.97. The highest BCUT2D eigenvalue weighted by Gasteiger charge is 2.11. The number of benzene rings is 1. The number of ether oxygens (including phenoxy) is 1. The van der Waals surface area contributed by atoms with Crippen molar-refractivity contribution in [2.24, 2.45) is 0 Å². The maximum absolute atomic E-state index is 9.76. The molecule has 0 aliphatic rings. The second kappa shape index (κ2) is 6.03. The molecule has 1 heterocycles. The minimum Gasteiger partial charge on any atom is -0.486 e. The maximum atomic E-state index is 9.76. The van der Waals surface area contributed by atoms with Crippen molar-refractivity contribution in [1.82, 2.24) is 4.98 Å². The summed E-state index contributed by atoms with van der Waals surface area (Å²) in [5.74, 6) is 0.698. The van der Waals surface area contributed by atoms with Gasteiger partial charge in [0.2, 0.25) is 0 Å². The Morgan fingerprint density at radius 3 is 2.74 bits per heavy atom. The molecule has 1 aromatic heterocycles. The van der Waals surface area contributed by atoms with Crippen molar-refractivity contribution in [3.05, 3.63) is 43.8 Å². The zero-order valence-corrected chi connectivity index (χ0v) is 13.5. The summed E-state index contributed by atoms with van der Waals surface area (Å²) in [5.41, 5.74) is 1.83. The third kappa shape index (κ3) is 3.55. The summed E-state index contributed by atoms with van der Waals surface area (Å²) >= 11 is 5.04. The second-order valence-corrected chi connectivity index (χ2v) is 6.60. The van der Waals surface area contributed by atoms with Gasteiger partial charge in [0.1, 0.15) is 17.4 Å². The fraction of sp³-hybridized carbons (Fsp3) is 0.357. The van der Waals surface area contributed by atoms with Crippen LogP contribution in [0.2, 0.25) is 0 Å². The Balaban J connectivity index is 2.15. The summed E-state index contributed by atoms with van der Waals surface area (Å²) in [7, 11) is 0. The van der Waals surface area contributed by atoms with E-state index in [2.05, 4.69) is 27.8 Å². The van der Waals surface area contributed by atoms with E-state index in [1.807, 2.05) is 25.1 Å². The number of rotatable bonds is 4. The number of halogens is 1. The molecule has 0 amide bonds. The summed E-state index contributed by atoms with van der Waals surface area (Å²) in [6.45, 7) is 6.21. The second-order valence-electron chi connectivity index (χ2n) is 4.40. The largest absolute Gasteiger partial charge is 0.486 e. The number of hydrogen-bond acceptors (Lipinski definition) is 4. The van der Waals surface area contributed by atoms with Crippen molar-refractivity contribution in [2.75, 3.05) is 0 Å². The maximum Gasteiger partial charge on any atom is 0.140 e. The van der Waals surface area contributed by atoms with E-state index >= 15 is 0 Å². The lowest BCUT2D eigenvalue weighted by atomic mass is 10.1. The molecule has 0 bridgehead atoms. The van der Waals surface area contributed by atoms with E-state index in [0.717, 1.165) is 20.7 Å². The zero-order valence-electron chi connectivity index (χ0n) is 11.1. The molecule has 102 valence electrons. The molecule has 5 heteroatoms. The fourth-order valence-corrected chi connectivity index (χ4v) is 2.94. The number of hydrogen-bond donors (Lipinski definition) is 1. The quantitative estimate of drug-likeness (QED) is 0.907. The summed E-state index contributed by atoms with van der Waals surface area (Å²) < 4.78 is 6.70. The number of aliphatic hydroxyl groups excluding tert-OH is 1. The molecule has 19 heavy (non-hydrogen) atoms. The summed E-state index contributed by atoms with van der Waals surface area (Å²) in [4.78, 5) is 5.65. The minimum atomic E-state index is -0.563. The zero-order chi connectivity index (χ0) is 14.0. The number of aromatic nitrogens is 1. The smallest absolute Gasteiger partial charge is 0.140 e. The van der Waals surface area contributed by atoms with Gasteiger partial charge in [-0.2, -0.15) is 0 Å². The molecule has 0 unspecified atom stereocenters. The van der Waals surface area contributed by atoms with Gasteiger partial charge in [-0.15, -0.1) is 11.3 Å². The highest BCUT2D eigenvalue weighted by atomic mass is 79.9. The first-order valence-electron chi connectivity index (χ1n) is 6.00. The van der Waals surface area contributed by atoms with Crippen molar-refractivity contribution < 1.29 is 9.84 Å². The molecule has 0 spiro atoms. The lowest BCUT2D eigenvalue weighted by Crippen LogP contribution is -2.01. The molecule has 3 nitrogen and oxygen atoms in total. The fourth-order valence-electron chi connectivity index (χ4n) is 1.72. The van der Waals surface area contributed by atoms with E-state index in [1.54, 1.807) is 18.3 Å². The first-order valence-corrected chi connectivity index (χ1v) is 7.61. The van der Waals surface area contributed by atoms with Crippen LogP contribution in [0.4, 0.5) is 0 Å². The predicted molar refractivity (Wildman–Crippen MR) is 80.7 cm³/mol. The van der Waals surface area contributed by atoms with E-state index in [4.69, 9.17) is 4.74 Å². The van der Waals surface area contributed by atoms with Gasteiger partial charge in [0.25, 0.3) is 0 Å². The molecule has 1 N–H and O–H groups in total. The van der Waals surface area contributed by atoms with Gasteiger partial charge in [0.05, 0.1) is 11.8 Å². The van der Waals surface area contributed by atoms with Crippen LogP contribution in [0.15, 0.2) is 22.7 Å². The molecular weight excluding hydrogens is 326 g/mol. The van der Waals surface area contributed by atoms with Crippen LogP contribution in [0.5, 0.6) is 5.75 Å². The summed E-state index contributed by atoms with van der Waals surface area (Å²) in [6, 6.07) is 5.64. The van der Waals surface area contributed by atoms with Gasteiger partial charge in [-0.3, -0.25) is 0 Å². The van der Waals surface area contributed by atoms with Gasteiger partial charge < -0.3 is 9.84 Å². The monoisotopic (exact) mass is 341 g/mol. The SMILES string of the molecule is Cc1nc(COc2ccc(Br)cc2[C@@H](C)O)sc1C. The van der Waals surface area contributed by atoms with Crippen LogP contribution in [0, 0.1) is 13.8 Å². The van der Waals surface area contributed by atoms with Crippen molar-refractivity contribution in [3.8, 4) is 5.75 Å². The van der Waals surface area contributed by atoms with E-state index in [1.165, 1.54) is 4.88 Å². The normalized spacial score (nSPS) is 12.5. The lowest BCUT2D eigenvalue weighted by molar-refractivity contribution is 0.190. The Morgan fingerprint density at radius 2 is 2.16 bits per heavy atom. The van der Waals surface area contributed by atoms with Crippen molar-refractivity contribution in [3.63, 3.8) is 0 Å². The van der Waals surface area contributed by atoms with E-state index in [9.17, 15) is 5.11 Å². The Hall–Kier alpha value is -0.910. The minimum absolute atomic E-state index is 0.431. The van der Waals surface area contributed by atoms with Gasteiger partial charge >= 0.3 is 0 Å². The van der Waals surface area contributed by atoms with Crippen LogP contribution in [0.3, 0.4) is 0 Å². The van der Waals surface area contributed by atoms with Gasteiger partial charge in [0, 0.05) is 14.9 Å². The van der Waals surface area contributed by atoms with Crippen molar-refractivity contribution in [1.29, 1.82) is 0 Å². The van der Waals surface area contributed by atoms with E-state index in [-0.39, 0.29) is 0 Å². The molecule has 0 saturated carbocycles. The third-order valence-electron chi connectivity index (χ3n) is 2.85. The van der Waals surface area contributed by atoms with Crippen LogP contribution in [-0.4, -0.2) is 10.1 Å². The highest BCUT2D eigenvalue weighted by molar-refractivity contribution is 9.10. The molecule has 0 radical (unpaired) electrons. The standard InChI is InChI=1S/C14H16BrNO2S/c1-8-10(3)19-14(16-8)7-18-13-5-4-11(15)6-12(13)9(2)17/h4-6,9,17H,7H2,1-3H3/t9-/m1/s1. The first kappa shape index (κ1) is 14.5. The molecule has 2 rings (SSSR count). The average Bonchev–Trinajstić information content (AvgIpc) is 2.67. The Kier molecular flexibility index (Phi) is 4.60. The van der Waals surface area contributed by atoms with Crippen LogP contribution in [0.1, 0.15) is 34.2 Å². The average molecular weight is 342 g/mol. The van der Waals surface area contributed by atoms with Crippen molar-refractivity contribution >= 4 is 27.3 Å². The number of thiazole rings is 1. The lowest BCUT2D eigenvalue weighted by Gasteiger charge is -2.13. The molecule has 1 aromatic carbocycles. The van der Waals surface area contributed by atoms with E-state index < -0.39 is 6.10 Å². The molecule has 0 aliphatic carbocycles. The Labute approximate surface area is 125 Å². The van der Waals surface area contributed by atoms with Gasteiger partial charge in [0.15, 0.2) is 0 Å². The van der Waals surface area contributed by atoms with Crippen LogP contribution in [0.25, 0.3) is 0 Å². The number of nitrogens with zero attached hydrogens (tertiary/aromatic N) is 1. The van der Waals surface area contributed by atoms with Crippen molar-refractivity contribution in [2.45, 2.75) is 33.5 Å². The van der Waals surface area contributed by atoms with Crippen LogP contribution in [-0.2, 0) is 6.61 Å². The van der Waals surface area contributed by atoms with Crippen LogP contribution < -0.4 is 4.74 Å². The molecule has 0 aliphatic heterocycles. The molecule has 2 aromatic rings. The Bertz CT molecular complexity index is 561. The van der Waals surface area contributed by atoms with Gasteiger partial charge in [-0.25, -0.2) is 4.98 Å².